The van der Waals surface area contributed by atoms with Gasteiger partial charge in [-0.2, -0.15) is 40.0 Å². The summed E-state index contributed by atoms with van der Waals surface area (Å²) in [6, 6.07) is 9.89. The van der Waals surface area contributed by atoms with E-state index in [4.69, 9.17) is 4.42 Å². The monoisotopic (exact) mass is 551 g/mol. The number of hydrogen-bond acceptors (Lipinski definition) is 6. The number of aryl methyl sites for hydroxylation is 1. The molecule has 2 unspecified atom stereocenters. The molecule has 2 aliphatic rings. The molecular formula is C25H28F3N5O4S. The number of hydrogen-bond donors (Lipinski definition) is 1. The topological polar surface area (TPSA) is 101 Å². The Kier molecular flexibility index (Phi) is 7.09. The smallest absolute Gasteiger partial charge is 0.405 e. The van der Waals surface area contributed by atoms with Gasteiger partial charge in [-0.3, -0.25) is 4.79 Å². The van der Waals surface area contributed by atoms with Gasteiger partial charge >= 0.3 is 6.18 Å². The van der Waals surface area contributed by atoms with Crippen LogP contribution in [0.2, 0.25) is 0 Å². The third kappa shape index (κ3) is 4.97. The molecule has 1 aromatic carbocycles. The Balaban J connectivity index is 1.51. The quantitative estimate of drug-likeness (QED) is 0.474. The van der Waals surface area contributed by atoms with Crippen molar-refractivity contribution in [1.82, 2.24) is 18.4 Å². The van der Waals surface area contributed by atoms with Crippen LogP contribution in [0.5, 0.6) is 0 Å². The summed E-state index contributed by atoms with van der Waals surface area (Å²) in [6.45, 7) is 2.02. The van der Waals surface area contributed by atoms with E-state index in [2.05, 4.69) is 10.4 Å². The first kappa shape index (κ1) is 26.4. The van der Waals surface area contributed by atoms with Crippen LogP contribution in [0.1, 0.15) is 52.6 Å². The summed E-state index contributed by atoms with van der Waals surface area (Å²) >= 11 is 0. The molecular weight excluding hydrogens is 523 g/mol. The maximum atomic E-state index is 14.4. The van der Waals surface area contributed by atoms with Crippen molar-refractivity contribution in [3.63, 3.8) is 0 Å². The number of carbonyl (C=O) groups is 1. The number of furan rings is 1. The van der Waals surface area contributed by atoms with E-state index in [9.17, 15) is 26.4 Å². The van der Waals surface area contributed by atoms with Gasteiger partial charge in [0, 0.05) is 38.2 Å². The van der Waals surface area contributed by atoms with Crippen LogP contribution in [0, 0.1) is 6.92 Å². The van der Waals surface area contributed by atoms with Crippen LogP contribution < -0.4 is 5.32 Å². The summed E-state index contributed by atoms with van der Waals surface area (Å²) in [5.41, 5.74) is 1.11. The maximum Gasteiger partial charge on any atom is 0.405 e. The number of anilines is 1. The van der Waals surface area contributed by atoms with Crippen LogP contribution in [0.15, 0.2) is 53.1 Å². The third-order valence-corrected chi connectivity index (χ3v) is 9.10. The fourth-order valence-corrected chi connectivity index (χ4v) is 7.07. The van der Waals surface area contributed by atoms with E-state index in [1.807, 2.05) is 30.3 Å². The normalized spacial score (nSPS) is 21.3. The molecule has 2 atom stereocenters. The summed E-state index contributed by atoms with van der Waals surface area (Å²) in [6.07, 6.45) is -2.33. The second-order valence-electron chi connectivity index (χ2n) is 9.51. The number of benzene rings is 1. The van der Waals surface area contributed by atoms with E-state index in [1.54, 1.807) is 6.92 Å². The minimum atomic E-state index is -4.83. The number of alkyl halides is 3. The predicted molar refractivity (Wildman–Crippen MR) is 133 cm³/mol. The van der Waals surface area contributed by atoms with Gasteiger partial charge in [0.05, 0.1) is 17.5 Å². The standard InChI is InChI=1S/C25H28F3N5O4S/c1-17-19(10-14-37-17)24(34)33-22(29-16-18-7-3-2-4-8-18)15-21(30-33)20-9-13-32(23(20)25(26,27)28)38(35,36)31-11-5-6-12-31/h2-4,7-8,10,14-15,20,23,29H,5-6,9,11-13,16H2,1H3. The molecule has 2 saturated heterocycles. The zero-order chi connectivity index (χ0) is 27.1. The zero-order valence-corrected chi connectivity index (χ0v) is 21.5. The van der Waals surface area contributed by atoms with E-state index in [0.717, 1.165) is 14.6 Å². The fraction of sp³-hybridized carbons (Fsp3) is 0.440. The Morgan fingerprint density at radius 2 is 1.84 bits per heavy atom. The summed E-state index contributed by atoms with van der Waals surface area (Å²) < 4.78 is 77.5. The van der Waals surface area contributed by atoms with Crippen LogP contribution in [-0.4, -0.2) is 64.6 Å². The number of aromatic nitrogens is 2. The molecule has 13 heteroatoms. The first-order valence-corrected chi connectivity index (χ1v) is 13.8. The molecule has 0 saturated carbocycles. The van der Waals surface area contributed by atoms with Crippen LogP contribution in [0.4, 0.5) is 19.0 Å². The van der Waals surface area contributed by atoms with Crippen molar-refractivity contribution < 1.29 is 30.8 Å². The van der Waals surface area contributed by atoms with Gasteiger partial charge in [-0.15, -0.1) is 0 Å². The maximum absolute atomic E-state index is 14.4. The van der Waals surface area contributed by atoms with Crippen molar-refractivity contribution in [2.75, 3.05) is 25.0 Å². The third-order valence-electron chi connectivity index (χ3n) is 7.08. The molecule has 0 radical (unpaired) electrons. The lowest BCUT2D eigenvalue weighted by atomic mass is 9.96. The van der Waals surface area contributed by atoms with Crippen LogP contribution >= 0.6 is 0 Å². The highest BCUT2D eigenvalue weighted by Crippen LogP contribution is 2.44. The predicted octanol–water partition coefficient (Wildman–Crippen LogP) is 4.15. The average molecular weight is 552 g/mol. The highest BCUT2D eigenvalue weighted by molar-refractivity contribution is 7.86. The van der Waals surface area contributed by atoms with Gasteiger partial charge in [0.2, 0.25) is 0 Å². The van der Waals surface area contributed by atoms with Crippen molar-refractivity contribution in [1.29, 1.82) is 0 Å². The van der Waals surface area contributed by atoms with Gasteiger partial charge in [0.15, 0.2) is 0 Å². The molecule has 204 valence electrons. The van der Waals surface area contributed by atoms with Crippen molar-refractivity contribution in [2.24, 2.45) is 0 Å². The minimum Gasteiger partial charge on any atom is -0.469 e. The lowest BCUT2D eigenvalue weighted by Crippen LogP contribution is -2.51. The van der Waals surface area contributed by atoms with Crippen molar-refractivity contribution in [3.05, 3.63) is 71.3 Å². The molecule has 9 nitrogen and oxygen atoms in total. The lowest BCUT2D eigenvalue weighted by molar-refractivity contribution is -0.169. The molecule has 5 rings (SSSR count). The number of nitrogens with one attached hydrogen (secondary N) is 1. The highest BCUT2D eigenvalue weighted by atomic mass is 32.2. The molecule has 2 fully saturated rings. The largest absolute Gasteiger partial charge is 0.469 e. The number of halogens is 3. The van der Waals surface area contributed by atoms with Gasteiger partial charge < -0.3 is 9.73 Å². The van der Waals surface area contributed by atoms with Crippen LogP contribution in [0.3, 0.4) is 0 Å². The van der Waals surface area contributed by atoms with Gasteiger partial charge in [-0.25, -0.2) is 0 Å². The zero-order valence-electron chi connectivity index (χ0n) is 20.7. The van der Waals surface area contributed by atoms with Gasteiger partial charge in [-0.05, 0) is 37.8 Å². The summed E-state index contributed by atoms with van der Waals surface area (Å²) in [5, 5.41) is 7.41. The molecule has 0 bridgehead atoms. The Labute approximate surface area is 218 Å². The summed E-state index contributed by atoms with van der Waals surface area (Å²) in [7, 11) is -4.30. The average Bonchev–Trinajstić information content (AvgIpc) is 3.68. The van der Waals surface area contributed by atoms with E-state index in [0.29, 0.717) is 29.5 Å². The summed E-state index contributed by atoms with van der Waals surface area (Å²) in [5.74, 6) is -1.29. The number of carbonyl (C=O) groups excluding carboxylic acids is 1. The first-order valence-electron chi connectivity index (χ1n) is 12.4. The highest BCUT2D eigenvalue weighted by Gasteiger charge is 2.57. The lowest BCUT2D eigenvalue weighted by Gasteiger charge is -2.31. The Morgan fingerprint density at radius 1 is 1.13 bits per heavy atom. The fourth-order valence-electron chi connectivity index (χ4n) is 5.16. The van der Waals surface area contributed by atoms with Gasteiger partial charge in [0.25, 0.3) is 16.1 Å². The molecule has 2 aromatic heterocycles. The Hall–Kier alpha value is -3.16. The number of nitrogens with zero attached hydrogens (tertiary/aromatic N) is 4. The Bertz CT molecular complexity index is 1400. The van der Waals surface area contributed by atoms with Gasteiger partial charge in [-0.1, -0.05) is 30.3 Å². The van der Waals surface area contributed by atoms with Crippen LogP contribution in [-0.2, 0) is 16.8 Å². The van der Waals surface area contributed by atoms with Crippen LogP contribution in [0.25, 0.3) is 0 Å². The molecule has 0 spiro atoms. The number of rotatable bonds is 7. The minimum absolute atomic E-state index is 0.00323. The van der Waals surface area contributed by atoms with E-state index in [1.165, 1.54) is 18.4 Å². The SMILES string of the molecule is Cc1occc1C(=O)n1nc(C2CCN(S(=O)(=O)N3CCCC3)C2C(F)(F)F)cc1NCc1ccccc1. The van der Waals surface area contributed by atoms with Crippen molar-refractivity contribution in [2.45, 2.75) is 50.9 Å². The van der Waals surface area contributed by atoms with E-state index in [-0.39, 0.29) is 43.1 Å². The van der Waals surface area contributed by atoms with E-state index >= 15 is 0 Å². The molecule has 3 aromatic rings. The second-order valence-corrected chi connectivity index (χ2v) is 11.4. The molecule has 1 N–H and O–H groups in total. The van der Waals surface area contributed by atoms with Crippen molar-refractivity contribution in [3.8, 4) is 0 Å². The Morgan fingerprint density at radius 3 is 2.47 bits per heavy atom. The first-order chi connectivity index (χ1) is 18.1. The molecule has 0 amide bonds. The van der Waals surface area contributed by atoms with Crippen molar-refractivity contribution >= 4 is 21.9 Å². The molecule has 4 heterocycles. The second kappa shape index (κ2) is 10.2. The molecule has 38 heavy (non-hydrogen) atoms. The summed E-state index contributed by atoms with van der Waals surface area (Å²) in [4.78, 5) is 13.3. The van der Waals surface area contributed by atoms with Gasteiger partial charge in [0.1, 0.15) is 17.6 Å². The van der Waals surface area contributed by atoms with E-state index < -0.39 is 34.3 Å². The molecule has 0 aliphatic carbocycles. The molecule has 2 aliphatic heterocycles.